The first-order chi connectivity index (χ1) is 3.18. The third-order valence-corrected chi connectivity index (χ3v) is 0.964. The Kier molecular flexibility index (Phi) is 2.56. The van der Waals surface area contributed by atoms with Crippen molar-refractivity contribution < 1.29 is 4.70 Å². The number of hydrogen-bond acceptors (Lipinski definition) is 1. The molecule has 0 spiro atoms. The van der Waals surface area contributed by atoms with Crippen LogP contribution >= 0.6 is 0 Å². The van der Waals surface area contributed by atoms with Crippen molar-refractivity contribution in [3.63, 3.8) is 0 Å². The minimum atomic E-state index is 0.366. The van der Waals surface area contributed by atoms with E-state index in [0.717, 1.165) is 6.54 Å². The molecule has 0 aliphatic heterocycles. The number of nitrogens with one attached hydrogen (secondary N) is 1. The molecule has 7 heavy (non-hydrogen) atoms. The zero-order valence-corrected chi connectivity index (χ0v) is 5.23. The molecular weight excluding hydrogens is 88.1 g/mol. The summed E-state index contributed by atoms with van der Waals surface area (Å²) in [6.45, 7) is 6.82. The molecule has 0 rings (SSSR count). The zero-order chi connectivity index (χ0) is 5.86. The normalized spacial score (nSPS) is 9.71. The van der Waals surface area contributed by atoms with Crippen LogP contribution in [0.25, 0.3) is 0 Å². The molecule has 2 heteroatoms. The Hall–Kier alpha value is -0.400. The van der Waals surface area contributed by atoms with E-state index >= 15 is 0 Å². The van der Waals surface area contributed by atoms with Gasteiger partial charge in [-0.25, -0.2) is 0 Å². The molecule has 0 aromatic carbocycles. The van der Waals surface area contributed by atoms with Crippen LogP contribution in [-0.4, -0.2) is 17.3 Å². The van der Waals surface area contributed by atoms with Gasteiger partial charge >= 0.3 is 0 Å². The Morgan fingerprint density at radius 2 is 2.00 bits per heavy atom. The minimum Gasteiger partial charge on any atom is -0.128 e. The summed E-state index contributed by atoms with van der Waals surface area (Å²) in [5.74, 6) is 0. The summed E-state index contributed by atoms with van der Waals surface area (Å²) in [6, 6.07) is 0.366. The van der Waals surface area contributed by atoms with Crippen LogP contribution in [0.1, 0.15) is 20.8 Å². The Balaban J connectivity index is 3.35. The van der Waals surface area contributed by atoms with Crippen LogP contribution in [0, 0.1) is 5.53 Å². The summed E-state index contributed by atoms with van der Waals surface area (Å²) >= 11 is 0. The smallest absolute Gasteiger partial charge is 0.128 e. The molecule has 0 bridgehead atoms. The van der Waals surface area contributed by atoms with E-state index in [1.807, 2.05) is 20.8 Å². The maximum absolute atomic E-state index is 7.11. The highest BCUT2D eigenvalue weighted by atomic mass is 15.2. The predicted octanol–water partition coefficient (Wildman–Crippen LogP) is 1.46. The van der Waals surface area contributed by atoms with E-state index in [1.165, 1.54) is 0 Å². The van der Waals surface area contributed by atoms with E-state index in [1.54, 1.807) is 4.70 Å². The molecule has 0 aliphatic carbocycles. The van der Waals surface area contributed by atoms with Crippen LogP contribution in [0.4, 0.5) is 0 Å². The van der Waals surface area contributed by atoms with Crippen LogP contribution in [0.3, 0.4) is 0 Å². The second kappa shape index (κ2) is 2.72. The van der Waals surface area contributed by atoms with Crippen molar-refractivity contribution in [3.05, 3.63) is 0 Å². The number of hydrogen-bond donors (Lipinski definition) is 1. The van der Waals surface area contributed by atoms with Crippen molar-refractivity contribution in [2.45, 2.75) is 26.8 Å². The average Bonchev–Trinajstić information content (AvgIpc) is 1.65. The molecule has 0 aromatic rings. The summed E-state index contributed by atoms with van der Waals surface area (Å²) < 4.78 is 1.54. The van der Waals surface area contributed by atoms with Gasteiger partial charge < -0.3 is 0 Å². The molecule has 0 unspecified atom stereocenters. The van der Waals surface area contributed by atoms with Crippen molar-refractivity contribution in [2.75, 3.05) is 6.54 Å². The lowest BCUT2D eigenvalue weighted by Gasteiger charge is -1.94. The second-order valence-electron chi connectivity index (χ2n) is 1.88. The van der Waals surface area contributed by atoms with Crippen LogP contribution in [-0.2, 0) is 0 Å². The lowest BCUT2D eigenvalue weighted by molar-refractivity contribution is -0.639. The highest BCUT2D eigenvalue weighted by Gasteiger charge is 2.02. The fourth-order valence-corrected chi connectivity index (χ4v) is 0.365. The van der Waals surface area contributed by atoms with Crippen molar-refractivity contribution in [1.29, 1.82) is 5.53 Å². The van der Waals surface area contributed by atoms with E-state index in [2.05, 4.69) is 0 Å². The van der Waals surface area contributed by atoms with Gasteiger partial charge in [-0.3, -0.25) is 0 Å². The fraction of sp³-hybridized carbons (Fsp3) is 1.00. The van der Waals surface area contributed by atoms with Gasteiger partial charge in [-0.15, -0.1) is 4.70 Å². The van der Waals surface area contributed by atoms with Gasteiger partial charge in [-0.05, 0) is 20.8 Å². The Morgan fingerprint density at radius 1 is 1.57 bits per heavy atom. The van der Waals surface area contributed by atoms with Crippen molar-refractivity contribution in [3.8, 4) is 0 Å². The summed E-state index contributed by atoms with van der Waals surface area (Å²) in [6.07, 6.45) is 0. The van der Waals surface area contributed by atoms with E-state index < -0.39 is 0 Å². The van der Waals surface area contributed by atoms with Crippen molar-refractivity contribution in [1.82, 2.24) is 0 Å². The number of rotatable bonds is 2. The first kappa shape index (κ1) is 6.60. The molecule has 42 valence electrons. The summed E-state index contributed by atoms with van der Waals surface area (Å²) in [5.41, 5.74) is 7.11. The Morgan fingerprint density at radius 3 is 2.00 bits per heavy atom. The summed E-state index contributed by atoms with van der Waals surface area (Å²) in [5, 5.41) is 0. The molecule has 0 aliphatic rings. The van der Waals surface area contributed by atoms with Gasteiger partial charge in [-0.1, -0.05) is 5.53 Å². The number of nitrogens with zero attached hydrogens (tertiary/aromatic N) is 1. The largest absolute Gasteiger partial charge is 0.172 e. The molecule has 0 saturated heterocycles. The van der Waals surface area contributed by atoms with Crippen LogP contribution in [0.15, 0.2) is 0 Å². The zero-order valence-electron chi connectivity index (χ0n) is 5.23. The van der Waals surface area contributed by atoms with Crippen LogP contribution < -0.4 is 0 Å². The first-order valence-electron chi connectivity index (χ1n) is 2.66. The Bertz CT molecular complexity index is 66.5. The standard InChI is InChI=1S/C5H13N2/c1-4-7(6)5(2)3/h5-6H,4H2,1-3H3/q+1. The van der Waals surface area contributed by atoms with Gasteiger partial charge in [0, 0.05) is 0 Å². The Labute approximate surface area is 44.6 Å². The van der Waals surface area contributed by atoms with E-state index in [-0.39, 0.29) is 0 Å². The van der Waals surface area contributed by atoms with Crippen LogP contribution in [0.5, 0.6) is 0 Å². The molecule has 0 aromatic heterocycles. The van der Waals surface area contributed by atoms with Gasteiger partial charge in [0.15, 0.2) is 12.6 Å². The highest BCUT2D eigenvalue weighted by Crippen LogP contribution is 1.83. The topological polar surface area (TPSA) is 26.9 Å². The van der Waals surface area contributed by atoms with Gasteiger partial charge in [-0.2, -0.15) is 0 Å². The fourth-order valence-electron chi connectivity index (χ4n) is 0.365. The summed E-state index contributed by atoms with van der Waals surface area (Å²) in [7, 11) is 0. The highest BCUT2D eigenvalue weighted by molar-refractivity contribution is 4.25. The lowest BCUT2D eigenvalue weighted by atomic mass is 10.4. The maximum Gasteiger partial charge on any atom is 0.172 e. The van der Waals surface area contributed by atoms with Crippen LogP contribution in [0.2, 0.25) is 0 Å². The third kappa shape index (κ3) is 2.31. The van der Waals surface area contributed by atoms with E-state index in [0.29, 0.717) is 6.04 Å². The van der Waals surface area contributed by atoms with Gasteiger partial charge in [0.1, 0.15) is 0 Å². The average molecular weight is 101 g/mol. The molecular formula is C5H13N2+. The van der Waals surface area contributed by atoms with Gasteiger partial charge in [0.05, 0.1) is 0 Å². The SMILES string of the molecule is CC[N+](=N)C(C)C. The molecule has 0 heterocycles. The minimum absolute atomic E-state index is 0.366. The van der Waals surface area contributed by atoms with Crippen molar-refractivity contribution >= 4 is 0 Å². The molecule has 0 radical (unpaired) electrons. The quantitative estimate of drug-likeness (QED) is 0.402. The molecule has 0 saturated carbocycles. The van der Waals surface area contributed by atoms with Gasteiger partial charge in [0.2, 0.25) is 0 Å². The third-order valence-electron chi connectivity index (χ3n) is 0.964. The second-order valence-corrected chi connectivity index (χ2v) is 1.88. The molecule has 0 amide bonds. The van der Waals surface area contributed by atoms with E-state index in [4.69, 9.17) is 5.53 Å². The van der Waals surface area contributed by atoms with E-state index in [9.17, 15) is 0 Å². The van der Waals surface area contributed by atoms with Gasteiger partial charge in [0.25, 0.3) is 0 Å². The molecule has 0 atom stereocenters. The molecule has 2 nitrogen and oxygen atoms in total. The monoisotopic (exact) mass is 101 g/mol. The first-order valence-corrected chi connectivity index (χ1v) is 2.66. The maximum atomic E-state index is 7.11. The van der Waals surface area contributed by atoms with Crippen molar-refractivity contribution in [2.24, 2.45) is 0 Å². The summed E-state index contributed by atoms with van der Waals surface area (Å²) in [4.78, 5) is 0. The molecule has 0 fully saturated rings. The molecule has 1 N–H and O–H groups in total. The lowest BCUT2D eigenvalue weighted by Crippen LogP contribution is -2.15. The predicted molar refractivity (Wildman–Crippen MR) is 28.7 cm³/mol.